The molecule has 0 saturated carbocycles. The summed E-state index contributed by atoms with van der Waals surface area (Å²) in [6.45, 7) is 7.78. The third-order valence-corrected chi connectivity index (χ3v) is 10.2. The SMILES string of the molecule is COc1ccc(CN(C)C[C@H]2OCCCC[C@H](C)Oc3ccc(NS(=O)(=O)c4ccc(OC)cc4)cc3C(=O)N([C@H](C)CO)C[C@@H]2C)cc1. The number of nitrogens with zero attached hydrogens (tertiary/aromatic N) is 2. The van der Waals surface area contributed by atoms with E-state index in [4.69, 9.17) is 18.9 Å². The summed E-state index contributed by atoms with van der Waals surface area (Å²) in [7, 11) is 1.24. The summed E-state index contributed by atoms with van der Waals surface area (Å²) in [6.07, 6.45) is 2.08. The van der Waals surface area contributed by atoms with Gasteiger partial charge in [-0.3, -0.25) is 14.4 Å². The third kappa shape index (κ3) is 10.6. The number of rotatable bonds is 11. The van der Waals surface area contributed by atoms with Crippen LogP contribution in [0.4, 0.5) is 5.69 Å². The van der Waals surface area contributed by atoms with Crippen LogP contribution in [0.5, 0.6) is 17.2 Å². The Kier molecular flexibility index (Phi) is 13.7. The van der Waals surface area contributed by atoms with Crippen molar-refractivity contribution in [1.82, 2.24) is 9.80 Å². The topological polar surface area (TPSA) is 127 Å². The van der Waals surface area contributed by atoms with Crippen molar-refractivity contribution in [2.45, 2.75) is 69.7 Å². The number of sulfonamides is 1. The molecule has 0 unspecified atom stereocenters. The Balaban J connectivity index is 1.62. The maximum atomic E-state index is 14.4. The van der Waals surface area contributed by atoms with Crippen molar-refractivity contribution in [3.05, 3.63) is 77.9 Å². The van der Waals surface area contributed by atoms with E-state index < -0.39 is 16.1 Å². The van der Waals surface area contributed by atoms with Crippen molar-refractivity contribution in [1.29, 1.82) is 0 Å². The van der Waals surface area contributed by atoms with Gasteiger partial charge in [0.25, 0.3) is 15.9 Å². The quantitative estimate of drug-likeness (QED) is 0.270. The number of hydrogen-bond donors (Lipinski definition) is 2. The first kappa shape index (κ1) is 38.0. The minimum Gasteiger partial charge on any atom is -0.497 e. The van der Waals surface area contributed by atoms with Gasteiger partial charge in [0.2, 0.25) is 0 Å². The fourth-order valence-electron chi connectivity index (χ4n) is 5.83. The molecule has 1 amide bonds. The van der Waals surface area contributed by atoms with Crippen LogP contribution in [-0.2, 0) is 21.3 Å². The highest BCUT2D eigenvalue weighted by atomic mass is 32.2. The molecule has 0 aliphatic carbocycles. The van der Waals surface area contributed by atoms with Crippen LogP contribution in [0.25, 0.3) is 0 Å². The number of aliphatic hydroxyl groups is 1. The molecule has 1 heterocycles. The van der Waals surface area contributed by atoms with Gasteiger partial charge in [0.05, 0.1) is 49.5 Å². The summed E-state index contributed by atoms with van der Waals surface area (Å²) in [5, 5.41) is 10.3. The second kappa shape index (κ2) is 17.7. The van der Waals surface area contributed by atoms with Gasteiger partial charge in [0.15, 0.2) is 0 Å². The van der Waals surface area contributed by atoms with Crippen molar-refractivity contribution in [2.24, 2.45) is 5.92 Å². The maximum Gasteiger partial charge on any atom is 0.261 e. The first-order valence-electron chi connectivity index (χ1n) is 16.8. The number of likely N-dealkylation sites (N-methyl/N-ethyl adjacent to an activating group) is 1. The lowest BCUT2D eigenvalue weighted by atomic mass is 10.0. The summed E-state index contributed by atoms with van der Waals surface area (Å²) < 4.78 is 52.4. The molecule has 4 rings (SSSR count). The summed E-state index contributed by atoms with van der Waals surface area (Å²) in [5.41, 5.74) is 1.57. The molecule has 49 heavy (non-hydrogen) atoms. The molecule has 0 saturated heterocycles. The highest BCUT2D eigenvalue weighted by Gasteiger charge is 2.31. The molecule has 4 atom stereocenters. The molecule has 0 fully saturated rings. The zero-order valence-corrected chi connectivity index (χ0v) is 30.2. The molecule has 2 N–H and O–H groups in total. The predicted octanol–water partition coefficient (Wildman–Crippen LogP) is 5.43. The zero-order chi connectivity index (χ0) is 35.6. The van der Waals surface area contributed by atoms with Crippen LogP contribution in [0, 0.1) is 5.92 Å². The molecule has 11 nitrogen and oxygen atoms in total. The molecule has 1 aliphatic heterocycles. The Bertz CT molecular complexity index is 1600. The van der Waals surface area contributed by atoms with Gasteiger partial charge in [-0.05, 0) is 100 Å². The van der Waals surface area contributed by atoms with Gasteiger partial charge in [-0.15, -0.1) is 0 Å². The van der Waals surface area contributed by atoms with Crippen LogP contribution in [0.3, 0.4) is 0 Å². The highest BCUT2D eigenvalue weighted by Crippen LogP contribution is 2.30. The van der Waals surface area contributed by atoms with E-state index in [1.54, 1.807) is 43.2 Å². The third-order valence-electron chi connectivity index (χ3n) is 8.78. The van der Waals surface area contributed by atoms with Gasteiger partial charge >= 0.3 is 0 Å². The number of anilines is 1. The second-order valence-corrected chi connectivity index (χ2v) is 14.5. The Hall–Kier alpha value is -3.84. The van der Waals surface area contributed by atoms with Gasteiger partial charge < -0.3 is 29.0 Å². The lowest BCUT2D eigenvalue weighted by molar-refractivity contribution is -0.0177. The number of benzene rings is 3. The van der Waals surface area contributed by atoms with E-state index in [-0.39, 0.29) is 46.8 Å². The number of hydrogen-bond acceptors (Lipinski definition) is 9. The molecule has 0 spiro atoms. The molecular formula is C37H51N3O8S. The molecule has 0 aromatic heterocycles. The first-order valence-corrected chi connectivity index (χ1v) is 18.2. The minimum absolute atomic E-state index is 0.0527. The Labute approximate surface area is 291 Å². The van der Waals surface area contributed by atoms with Crippen LogP contribution in [0.2, 0.25) is 0 Å². The van der Waals surface area contributed by atoms with E-state index in [1.807, 2.05) is 31.2 Å². The zero-order valence-electron chi connectivity index (χ0n) is 29.4. The van der Waals surface area contributed by atoms with Crippen LogP contribution in [-0.4, -0.2) is 95.1 Å². The van der Waals surface area contributed by atoms with Crippen molar-refractivity contribution in [3.63, 3.8) is 0 Å². The number of carbonyl (C=O) groups excluding carboxylic acids is 1. The smallest absolute Gasteiger partial charge is 0.261 e. The summed E-state index contributed by atoms with van der Waals surface area (Å²) in [4.78, 5) is 18.3. The van der Waals surface area contributed by atoms with Crippen LogP contribution < -0.4 is 18.9 Å². The highest BCUT2D eigenvalue weighted by molar-refractivity contribution is 7.92. The number of amides is 1. The predicted molar refractivity (Wildman–Crippen MR) is 190 cm³/mol. The lowest BCUT2D eigenvalue weighted by Gasteiger charge is -2.36. The largest absolute Gasteiger partial charge is 0.497 e. The molecule has 1 aliphatic rings. The Morgan fingerprint density at radius 1 is 1.00 bits per heavy atom. The molecule has 3 aromatic carbocycles. The number of ether oxygens (including phenoxy) is 4. The van der Waals surface area contributed by atoms with Crippen molar-refractivity contribution in [2.75, 3.05) is 52.3 Å². The van der Waals surface area contributed by atoms with Gasteiger partial charge in [-0.2, -0.15) is 0 Å². The van der Waals surface area contributed by atoms with Gasteiger partial charge in [0.1, 0.15) is 17.2 Å². The molecule has 268 valence electrons. The molecule has 12 heteroatoms. The van der Waals surface area contributed by atoms with Gasteiger partial charge in [-0.1, -0.05) is 19.1 Å². The first-order chi connectivity index (χ1) is 23.4. The van der Waals surface area contributed by atoms with E-state index in [0.29, 0.717) is 37.7 Å². The van der Waals surface area contributed by atoms with Crippen LogP contribution in [0.1, 0.15) is 56.0 Å². The Morgan fingerprint density at radius 2 is 1.65 bits per heavy atom. The number of nitrogens with one attached hydrogen (secondary N) is 1. The average molecular weight is 698 g/mol. The molecule has 3 aromatic rings. The number of methoxy groups -OCH3 is 2. The van der Waals surface area contributed by atoms with E-state index in [0.717, 1.165) is 30.6 Å². The fraction of sp³-hybridized carbons (Fsp3) is 0.486. The van der Waals surface area contributed by atoms with Crippen molar-refractivity contribution >= 4 is 21.6 Å². The van der Waals surface area contributed by atoms with Crippen molar-refractivity contribution < 1.29 is 37.3 Å². The second-order valence-electron chi connectivity index (χ2n) is 12.8. The summed E-state index contributed by atoms with van der Waals surface area (Å²) in [6, 6.07) is 18.2. The van der Waals surface area contributed by atoms with Crippen LogP contribution in [0.15, 0.2) is 71.6 Å². The molecule has 0 radical (unpaired) electrons. The van der Waals surface area contributed by atoms with E-state index >= 15 is 0 Å². The maximum absolute atomic E-state index is 14.4. The van der Waals surface area contributed by atoms with Crippen LogP contribution >= 0.6 is 0 Å². The summed E-state index contributed by atoms with van der Waals surface area (Å²) >= 11 is 0. The number of fused-ring (bicyclic) bond motifs is 1. The van der Waals surface area contributed by atoms with E-state index in [9.17, 15) is 18.3 Å². The lowest BCUT2D eigenvalue weighted by Crippen LogP contribution is -2.47. The standard InChI is InChI=1S/C37H51N3O8S/c1-26-22-40(27(2)25-41)37(42)34-21-30(38-49(43,44)33-17-15-32(46-6)16-18-33)12-19-35(34)48-28(3)9-7-8-20-47-36(26)24-39(4)23-29-10-13-31(45-5)14-11-29/h10-19,21,26-28,36,38,41H,7-9,20,22-25H2,1-6H3/t26-,27+,28-,36+/m0/s1. The van der Waals surface area contributed by atoms with Crippen molar-refractivity contribution in [3.8, 4) is 17.2 Å². The monoisotopic (exact) mass is 697 g/mol. The average Bonchev–Trinajstić information content (AvgIpc) is 3.09. The van der Waals surface area contributed by atoms with E-state index in [1.165, 1.54) is 25.3 Å². The summed E-state index contributed by atoms with van der Waals surface area (Å²) in [5.74, 6) is 1.23. The van der Waals surface area contributed by atoms with Gasteiger partial charge in [0, 0.05) is 37.8 Å². The minimum atomic E-state index is -3.97. The van der Waals surface area contributed by atoms with E-state index in [2.05, 4.69) is 23.6 Å². The molecular weight excluding hydrogens is 646 g/mol. The number of carbonyl (C=O) groups is 1. The Morgan fingerprint density at radius 3 is 2.29 bits per heavy atom. The fourth-order valence-corrected chi connectivity index (χ4v) is 6.88. The van der Waals surface area contributed by atoms with Gasteiger partial charge in [-0.25, -0.2) is 8.42 Å². The normalized spacial score (nSPS) is 20.1. The molecule has 0 bridgehead atoms. The number of aliphatic hydroxyl groups excluding tert-OH is 1.